The molecule has 0 saturated carbocycles. The van der Waals surface area contributed by atoms with Crippen LogP contribution < -0.4 is 9.47 Å². The van der Waals surface area contributed by atoms with E-state index >= 15 is 0 Å². The van der Waals surface area contributed by atoms with Gasteiger partial charge in [0.05, 0.1) is 13.7 Å². The molecule has 1 rings (SSSR count). The highest BCUT2D eigenvalue weighted by atomic mass is 16.5. The van der Waals surface area contributed by atoms with Gasteiger partial charge < -0.3 is 9.47 Å². The third kappa shape index (κ3) is 1.87. The van der Waals surface area contributed by atoms with Gasteiger partial charge in [0, 0.05) is 6.07 Å². The summed E-state index contributed by atoms with van der Waals surface area (Å²) in [4.78, 5) is 0. The molecule has 0 bridgehead atoms. The van der Waals surface area contributed by atoms with E-state index in [1.165, 1.54) is 0 Å². The van der Waals surface area contributed by atoms with E-state index in [9.17, 15) is 0 Å². The van der Waals surface area contributed by atoms with E-state index in [2.05, 4.69) is 6.07 Å². The van der Waals surface area contributed by atoms with E-state index in [0.29, 0.717) is 12.4 Å². The van der Waals surface area contributed by atoms with Crippen LogP contribution in [0.1, 0.15) is 6.92 Å². The minimum Gasteiger partial charge on any atom is -0.493 e. The smallest absolute Gasteiger partial charge is 0.169 e. The Bertz CT molecular complexity index is 221. The van der Waals surface area contributed by atoms with Gasteiger partial charge in [-0.3, -0.25) is 0 Å². The normalized spacial score (nSPS) is 9.27. The van der Waals surface area contributed by atoms with Gasteiger partial charge in [-0.25, -0.2) is 0 Å². The van der Waals surface area contributed by atoms with Crippen LogP contribution in [0.25, 0.3) is 0 Å². The minimum absolute atomic E-state index is 0.636. The highest BCUT2D eigenvalue weighted by molar-refractivity contribution is 5.38. The summed E-state index contributed by atoms with van der Waals surface area (Å²) in [6.07, 6.45) is 0. The van der Waals surface area contributed by atoms with Crippen molar-refractivity contribution in [1.29, 1.82) is 0 Å². The first kappa shape index (κ1) is 7.92. The molecule has 1 radical (unpaired) electrons. The van der Waals surface area contributed by atoms with Crippen LogP contribution in [0, 0.1) is 6.07 Å². The van der Waals surface area contributed by atoms with Gasteiger partial charge in [-0.1, -0.05) is 12.1 Å². The largest absolute Gasteiger partial charge is 0.493 e. The van der Waals surface area contributed by atoms with Crippen molar-refractivity contribution in [1.82, 2.24) is 0 Å². The van der Waals surface area contributed by atoms with Crippen LogP contribution in [0.4, 0.5) is 0 Å². The van der Waals surface area contributed by atoms with Gasteiger partial charge >= 0.3 is 0 Å². The summed E-state index contributed by atoms with van der Waals surface area (Å²) in [6, 6.07) is 8.45. The molecule has 0 atom stereocenters. The maximum absolute atomic E-state index is 5.25. The Morgan fingerprint density at radius 1 is 1.55 bits per heavy atom. The molecule has 0 fully saturated rings. The highest BCUT2D eigenvalue weighted by Crippen LogP contribution is 2.24. The SMILES string of the molecule is CCOc1[c]cccc1OC. The molecule has 0 unspecified atom stereocenters. The molecule has 2 heteroatoms. The summed E-state index contributed by atoms with van der Waals surface area (Å²) in [5, 5.41) is 0. The Kier molecular flexibility index (Phi) is 2.78. The Hall–Kier alpha value is -1.18. The first-order chi connectivity index (χ1) is 5.38. The van der Waals surface area contributed by atoms with E-state index in [0.717, 1.165) is 5.75 Å². The zero-order chi connectivity index (χ0) is 8.10. The number of hydrogen-bond donors (Lipinski definition) is 0. The van der Waals surface area contributed by atoms with Gasteiger partial charge in [0.1, 0.15) is 0 Å². The zero-order valence-corrected chi connectivity index (χ0v) is 6.76. The maximum Gasteiger partial charge on any atom is 0.169 e. The lowest BCUT2D eigenvalue weighted by atomic mass is 10.3. The van der Waals surface area contributed by atoms with Crippen LogP contribution in [0.2, 0.25) is 0 Å². The molecule has 0 aliphatic heterocycles. The van der Waals surface area contributed by atoms with Crippen molar-refractivity contribution < 1.29 is 9.47 Å². The number of benzene rings is 1. The monoisotopic (exact) mass is 151 g/mol. The highest BCUT2D eigenvalue weighted by Gasteiger charge is 1.99. The molecule has 0 spiro atoms. The predicted molar refractivity (Wildman–Crippen MR) is 43.0 cm³/mol. The Morgan fingerprint density at radius 3 is 3.00 bits per heavy atom. The summed E-state index contributed by atoms with van der Waals surface area (Å²) in [7, 11) is 1.62. The van der Waals surface area contributed by atoms with Gasteiger partial charge in [-0.2, -0.15) is 0 Å². The van der Waals surface area contributed by atoms with Crippen molar-refractivity contribution in [2.24, 2.45) is 0 Å². The molecule has 59 valence electrons. The molecular weight excluding hydrogens is 140 g/mol. The molecular formula is C9H11O2. The lowest BCUT2D eigenvalue weighted by molar-refractivity contribution is 0.310. The molecule has 2 nitrogen and oxygen atoms in total. The van der Waals surface area contributed by atoms with Crippen molar-refractivity contribution in [3.8, 4) is 11.5 Å². The van der Waals surface area contributed by atoms with Gasteiger partial charge in [0.2, 0.25) is 0 Å². The second-order valence-corrected chi connectivity index (χ2v) is 2.00. The molecule has 1 aromatic carbocycles. The van der Waals surface area contributed by atoms with Crippen molar-refractivity contribution in [3.05, 3.63) is 24.3 Å². The zero-order valence-electron chi connectivity index (χ0n) is 6.76. The van der Waals surface area contributed by atoms with Gasteiger partial charge in [0.25, 0.3) is 0 Å². The fourth-order valence-corrected chi connectivity index (χ4v) is 0.824. The van der Waals surface area contributed by atoms with E-state index in [1.807, 2.05) is 19.1 Å². The van der Waals surface area contributed by atoms with E-state index in [1.54, 1.807) is 13.2 Å². The van der Waals surface area contributed by atoms with Crippen LogP contribution in [-0.2, 0) is 0 Å². The van der Waals surface area contributed by atoms with E-state index < -0.39 is 0 Å². The Labute approximate surface area is 66.8 Å². The fourth-order valence-electron chi connectivity index (χ4n) is 0.824. The first-order valence-electron chi connectivity index (χ1n) is 3.56. The van der Waals surface area contributed by atoms with E-state index in [4.69, 9.17) is 9.47 Å². The molecule has 0 saturated heterocycles. The van der Waals surface area contributed by atoms with Crippen LogP contribution in [-0.4, -0.2) is 13.7 Å². The number of hydrogen-bond acceptors (Lipinski definition) is 2. The second kappa shape index (κ2) is 3.86. The van der Waals surface area contributed by atoms with Gasteiger partial charge in [0.15, 0.2) is 11.5 Å². The summed E-state index contributed by atoms with van der Waals surface area (Å²) in [5.41, 5.74) is 0. The second-order valence-electron chi connectivity index (χ2n) is 2.00. The van der Waals surface area contributed by atoms with Crippen molar-refractivity contribution >= 4 is 0 Å². The average Bonchev–Trinajstić information content (AvgIpc) is 2.06. The van der Waals surface area contributed by atoms with Crippen LogP contribution >= 0.6 is 0 Å². The number of rotatable bonds is 3. The quantitative estimate of drug-likeness (QED) is 0.656. The van der Waals surface area contributed by atoms with Gasteiger partial charge in [-0.15, -0.1) is 0 Å². The molecule has 0 heterocycles. The molecule has 0 amide bonds. The standard InChI is InChI=1S/C9H11O2/c1-3-11-9-7-5-4-6-8(9)10-2/h4-6H,3H2,1-2H3. The number of para-hydroxylation sites is 1. The summed E-state index contributed by atoms with van der Waals surface area (Å²) in [6.45, 7) is 2.57. The van der Waals surface area contributed by atoms with Crippen molar-refractivity contribution in [2.75, 3.05) is 13.7 Å². The predicted octanol–water partition coefficient (Wildman–Crippen LogP) is 1.89. The number of methoxy groups -OCH3 is 1. The minimum atomic E-state index is 0.636. The average molecular weight is 151 g/mol. The molecule has 0 aliphatic carbocycles. The molecule has 11 heavy (non-hydrogen) atoms. The fraction of sp³-hybridized carbons (Fsp3) is 0.333. The number of ether oxygens (including phenoxy) is 2. The van der Waals surface area contributed by atoms with Gasteiger partial charge in [-0.05, 0) is 13.0 Å². The molecule has 0 aliphatic rings. The third-order valence-electron chi connectivity index (χ3n) is 1.29. The van der Waals surface area contributed by atoms with Crippen LogP contribution in [0.3, 0.4) is 0 Å². The summed E-state index contributed by atoms with van der Waals surface area (Å²) < 4.78 is 10.3. The summed E-state index contributed by atoms with van der Waals surface area (Å²) in [5.74, 6) is 1.41. The lowest BCUT2D eigenvalue weighted by Crippen LogP contribution is -1.94. The molecule has 0 aromatic heterocycles. The first-order valence-corrected chi connectivity index (χ1v) is 3.56. The van der Waals surface area contributed by atoms with E-state index in [-0.39, 0.29) is 0 Å². The lowest BCUT2D eigenvalue weighted by Gasteiger charge is -2.06. The summed E-state index contributed by atoms with van der Waals surface area (Å²) >= 11 is 0. The Balaban J connectivity index is 2.83. The van der Waals surface area contributed by atoms with Crippen LogP contribution in [0.5, 0.6) is 11.5 Å². The topological polar surface area (TPSA) is 18.5 Å². The maximum atomic E-state index is 5.25. The third-order valence-corrected chi connectivity index (χ3v) is 1.29. The molecule has 1 aromatic rings. The Morgan fingerprint density at radius 2 is 2.36 bits per heavy atom. The van der Waals surface area contributed by atoms with Crippen molar-refractivity contribution in [3.63, 3.8) is 0 Å². The van der Waals surface area contributed by atoms with Crippen LogP contribution in [0.15, 0.2) is 18.2 Å². The molecule has 0 N–H and O–H groups in total. The van der Waals surface area contributed by atoms with Crippen molar-refractivity contribution in [2.45, 2.75) is 6.92 Å².